The summed E-state index contributed by atoms with van der Waals surface area (Å²) in [7, 11) is 0. The number of ether oxygens (including phenoxy) is 1. The Labute approximate surface area is 137 Å². The van der Waals surface area contributed by atoms with Crippen LogP contribution in [0.15, 0.2) is 30.3 Å². The number of esters is 1. The van der Waals surface area contributed by atoms with Crippen LogP contribution in [0.4, 0.5) is 4.79 Å². The number of nitrogens with zero attached hydrogens (tertiary/aromatic N) is 1. The van der Waals surface area contributed by atoms with E-state index in [0.29, 0.717) is 6.42 Å². The third-order valence-corrected chi connectivity index (χ3v) is 4.47. The molecule has 0 unspecified atom stereocenters. The fourth-order valence-electron chi connectivity index (χ4n) is 3.16. The van der Waals surface area contributed by atoms with Crippen molar-refractivity contribution < 1.29 is 19.4 Å². The normalized spacial score (nSPS) is 20.6. The molecular weight excluding hydrogens is 294 g/mol. The van der Waals surface area contributed by atoms with Crippen molar-refractivity contribution in [3.8, 4) is 0 Å². The fraction of sp³-hybridized carbons (Fsp3) is 0.556. The molecule has 1 aliphatic heterocycles. The van der Waals surface area contributed by atoms with E-state index in [9.17, 15) is 14.7 Å². The standard InChI is InChI=1S/C18H25NO4/c1-13-15(16(20)23-13)19(17(21)22)18(2,3)12-8-7-11-14-9-5-4-6-10-14/h4-6,9-10,13,15H,7-8,11-12H2,1-3H3,(H,21,22)/t13-,15+/m0/s1. The van der Waals surface area contributed by atoms with Crippen LogP contribution in [0.25, 0.3) is 0 Å². The molecule has 5 nitrogen and oxygen atoms in total. The van der Waals surface area contributed by atoms with Crippen molar-refractivity contribution in [1.82, 2.24) is 4.90 Å². The molecule has 126 valence electrons. The first-order valence-corrected chi connectivity index (χ1v) is 8.09. The lowest BCUT2D eigenvalue weighted by molar-refractivity contribution is -0.188. The maximum absolute atomic E-state index is 11.6. The molecule has 2 atom stereocenters. The van der Waals surface area contributed by atoms with Crippen molar-refractivity contribution in [3.63, 3.8) is 0 Å². The van der Waals surface area contributed by atoms with Gasteiger partial charge in [-0.2, -0.15) is 0 Å². The van der Waals surface area contributed by atoms with Crippen LogP contribution in [-0.2, 0) is 16.0 Å². The van der Waals surface area contributed by atoms with Crippen LogP contribution < -0.4 is 0 Å². The van der Waals surface area contributed by atoms with Crippen molar-refractivity contribution >= 4 is 12.1 Å². The van der Waals surface area contributed by atoms with E-state index in [0.717, 1.165) is 19.3 Å². The van der Waals surface area contributed by atoms with Crippen molar-refractivity contribution in [1.29, 1.82) is 0 Å². The maximum Gasteiger partial charge on any atom is 0.408 e. The highest BCUT2D eigenvalue weighted by Gasteiger charge is 2.50. The Kier molecular flexibility index (Phi) is 5.29. The summed E-state index contributed by atoms with van der Waals surface area (Å²) in [5.74, 6) is -0.447. The minimum Gasteiger partial charge on any atom is -0.465 e. The second-order valence-electron chi connectivity index (χ2n) is 6.74. The quantitative estimate of drug-likeness (QED) is 0.617. The Morgan fingerprint density at radius 3 is 2.43 bits per heavy atom. The van der Waals surface area contributed by atoms with Gasteiger partial charge < -0.3 is 9.84 Å². The van der Waals surface area contributed by atoms with E-state index in [1.165, 1.54) is 10.5 Å². The first kappa shape index (κ1) is 17.3. The summed E-state index contributed by atoms with van der Waals surface area (Å²) < 4.78 is 4.92. The molecule has 1 amide bonds. The van der Waals surface area contributed by atoms with Gasteiger partial charge in [0.1, 0.15) is 6.10 Å². The van der Waals surface area contributed by atoms with Crippen LogP contribution >= 0.6 is 0 Å². The number of rotatable bonds is 7. The van der Waals surface area contributed by atoms with E-state index in [2.05, 4.69) is 12.1 Å². The third-order valence-electron chi connectivity index (χ3n) is 4.47. The number of unbranched alkanes of at least 4 members (excludes halogenated alkanes) is 1. The number of cyclic esters (lactones) is 1. The van der Waals surface area contributed by atoms with Gasteiger partial charge in [0.25, 0.3) is 0 Å². The summed E-state index contributed by atoms with van der Waals surface area (Å²) in [5, 5.41) is 9.53. The number of amides is 1. The van der Waals surface area contributed by atoms with Gasteiger partial charge in [0, 0.05) is 5.54 Å². The second kappa shape index (κ2) is 7.02. The number of hydrogen-bond donors (Lipinski definition) is 1. The Hall–Kier alpha value is -2.04. The molecule has 1 saturated heterocycles. The van der Waals surface area contributed by atoms with Crippen LogP contribution in [0.1, 0.15) is 45.6 Å². The van der Waals surface area contributed by atoms with Gasteiger partial charge in [-0.3, -0.25) is 4.90 Å². The second-order valence-corrected chi connectivity index (χ2v) is 6.74. The summed E-state index contributed by atoms with van der Waals surface area (Å²) in [4.78, 5) is 24.5. The SMILES string of the molecule is C[C@@H]1OC(=O)[C@@H]1N(C(=O)O)C(C)(C)CCCCc1ccccc1. The summed E-state index contributed by atoms with van der Waals surface area (Å²) in [6.45, 7) is 5.48. The molecule has 1 aliphatic rings. The number of aryl methyl sites for hydroxylation is 1. The number of carboxylic acid groups (broad SMARTS) is 1. The van der Waals surface area contributed by atoms with E-state index in [4.69, 9.17) is 4.74 Å². The lowest BCUT2D eigenvalue weighted by Crippen LogP contribution is -2.65. The van der Waals surface area contributed by atoms with Crippen LogP contribution in [0.3, 0.4) is 0 Å². The Morgan fingerprint density at radius 1 is 1.26 bits per heavy atom. The minimum atomic E-state index is -1.06. The van der Waals surface area contributed by atoms with Crippen molar-refractivity contribution in [3.05, 3.63) is 35.9 Å². The molecular formula is C18H25NO4. The van der Waals surface area contributed by atoms with Gasteiger partial charge in [0.05, 0.1) is 0 Å². The molecule has 5 heteroatoms. The predicted octanol–water partition coefficient (Wildman–Crippen LogP) is 3.47. The molecule has 0 spiro atoms. The smallest absolute Gasteiger partial charge is 0.408 e. The highest BCUT2D eigenvalue weighted by atomic mass is 16.6. The van der Waals surface area contributed by atoms with Gasteiger partial charge in [0.15, 0.2) is 6.04 Å². The van der Waals surface area contributed by atoms with E-state index in [-0.39, 0.29) is 6.10 Å². The van der Waals surface area contributed by atoms with Crippen LogP contribution in [0.5, 0.6) is 0 Å². The monoisotopic (exact) mass is 319 g/mol. The van der Waals surface area contributed by atoms with Crippen LogP contribution in [0, 0.1) is 0 Å². The predicted molar refractivity (Wildman–Crippen MR) is 87.3 cm³/mol. The molecule has 0 bridgehead atoms. The van der Waals surface area contributed by atoms with E-state index >= 15 is 0 Å². The molecule has 0 saturated carbocycles. The molecule has 23 heavy (non-hydrogen) atoms. The summed E-state index contributed by atoms with van der Waals surface area (Å²) in [5.41, 5.74) is 0.692. The molecule has 1 heterocycles. The first-order chi connectivity index (χ1) is 10.8. The number of carbonyl (C=O) groups is 2. The molecule has 0 aromatic heterocycles. The van der Waals surface area contributed by atoms with Gasteiger partial charge in [-0.25, -0.2) is 9.59 Å². The average molecular weight is 319 g/mol. The Bertz CT molecular complexity index is 555. The Balaban J connectivity index is 1.90. The number of carbonyl (C=O) groups excluding carboxylic acids is 1. The summed E-state index contributed by atoms with van der Waals surface area (Å²) in [6, 6.07) is 9.55. The van der Waals surface area contributed by atoms with E-state index < -0.39 is 23.6 Å². The molecule has 1 aromatic rings. The zero-order valence-corrected chi connectivity index (χ0v) is 14.0. The van der Waals surface area contributed by atoms with Crippen molar-refractivity contribution in [2.75, 3.05) is 0 Å². The highest BCUT2D eigenvalue weighted by Crippen LogP contribution is 2.31. The minimum absolute atomic E-state index is 0.373. The summed E-state index contributed by atoms with van der Waals surface area (Å²) in [6.07, 6.45) is 2.15. The average Bonchev–Trinajstić information content (AvgIpc) is 2.50. The molecule has 0 radical (unpaired) electrons. The van der Waals surface area contributed by atoms with Gasteiger partial charge in [0.2, 0.25) is 0 Å². The van der Waals surface area contributed by atoms with Gasteiger partial charge in [-0.15, -0.1) is 0 Å². The van der Waals surface area contributed by atoms with Crippen LogP contribution in [-0.4, -0.2) is 39.8 Å². The van der Waals surface area contributed by atoms with Gasteiger partial charge in [-0.05, 0) is 45.6 Å². The molecule has 2 rings (SSSR count). The summed E-state index contributed by atoms with van der Waals surface area (Å²) >= 11 is 0. The largest absolute Gasteiger partial charge is 0.465 e. The van der Waals surface area contributed by atoms with Crippen molar-refractivity contribution in [2.45, 2.75) is 64.1 Å². The molecule has 1 aromatic carbocycles. The third kappa shape index (κ3) is 4.03. The molecule has 0 aliphatic carbocycles. The van der Waals surface area contributed by atoms with E-state index in [1.54, 1.807) is 6.92 Å². The molecule has 1 fully saturated rings. The van der Waals surface area contributed by atoms with Gasteiger partial charge in [-0.1, -0.05) is 36.8 Å². The first-order valence-electron chi connectivity index (χ1n) is 8.09. The van der Waals surface area contributed by atoms with Crippen LogP contribution in [0.2, 0.25) is 0 Å². The molecule has 1 N–H and O–H groups in total. The fourth-order valence-corrected chi connectivity index (χ4v) is 3.16. The number of benzene rings is 1. The zero-order chi connectivity index (χ0) is 17.0. The number of hydrogen-bond acceptors (Lipinski definition) is 3. The van der Waals surface area contributed by atoms with E-state index in [1.807, 2.05) is 32.0 Å². The zero-order valence-electron chi connectivity index (χ0n) is 14.0. The highest BCUT2D eigenvalue weighted by molar-refractivity contribution is 5.86. The Morgan fingerprint density at radius 2 is 1.91 bits per heavy atom. The van der Waals surface area contributed by atoms with Crippen molar-refractivity contribution in [2.24, 2.45) is 0 Å². The lowest BCUT2D eigenvalue weighted by Gasteiger charge is -2.46. The maximum atomic E-state index is 11.6. The lowest BCUT2D eigenvalue weighted by atomic mass is 9.90. The van der Waals surface area contributed by atoms with Gasteiger partial charge >= 0.3 is 12.1 Å². The topological polar surface area (TPSA) is 66.8 Å².